The largest absolute Gasteiger partial charge is 0.522 e. The summed E-state index contributed by atoms with van der Waals surface area (Å²) in [5.41, 5.74) is 2.09. The Kier molecular flexibility index (Phi) is 6.25. The van der Waals surface area contributed by atoms with Gasteiger partial charge in [0, 0.05) is 25.3 Å². The Morgan fingerprint density at radius 1 is 1.32 bits per heavy atom. The zero-order valence-electron chi connectivity index (χ0n) is 15.3. The van der Waals surface area contributed by atoms with E-state index in [0.29, 0.717) is 24.2 Å². The Labute approximate surface area is 159 Å². The summed E-state index contributed by atoms with van der Waals surface area (Å²) in [7, 11) is 1.39. The highest BCUT2D eigenvalue weighted by Crippen LogP contribution is 2.26. The number of carbonyl (C=O) groups excluding carboxylic acids is 1. The van der Waals surface area contributed by atoms with Gasteiger partial charge in [-0.05, 0) is 24.6 Å². The van der Waals surface area contributed by atoms with Crippen LogP contribution >= 0.6 is 0 Å². The Morgan fingerprint density at radius 2 is 2.07 bits per heavy atom. The number of nitrogens with one attached hydrogen (secondary N) is 1. The lowest BCUT2D eigenvalue weighted by Crippen LogP contribution is -2.36. The number of anilines is 1. The Balaban J connectivity index is 1.70. The molecule has 2 heterocycles. The van der Waals surface area contributed by atoms with Gasteiger partial charge in [-0.2, -0.15) is 4.98 Å². The van der Waals surface area contributed by atoms with Gasteiger partial charge in [-0.3, -0.25) is 4.74 Å². The van der Waals surface area contributed by atoms with E-state index in [-0.39, 0.29) is 19.0 Å². The molecule has 0 atom stereocenters. The van der Waals surface area contributed by atoms with E-state index in [2.05, 4.69) is 19.9 Å². The van der Waals surface area contributed by atoms with Crippen LogP contribution in [0, 0.1) is 0 Å². The van der Waals surface area contributed by atoms with Crippen LogP contribution in [0.25, 0.3) is 11.0 Å². The molecule has 0 saturated carbocycles. The van der Waals surface area contributed by atoms with Crippen molar-refractivity contribution in [3.8, 4) is 6.01 Å². The fraction of sp³-hybridized carbons (Fsp3) is 0.529. The summed E-state index contributed by atoms with van der Waals surface area (Å²) in [6, 6.07) is 5.07. The predicted molar refractivity (Wildman–Crippen MR) is 94.7 cm³/mol. The number of imidazole rings is 1. The minimum Gasteiger partial charge on any atom is -0.468 e. The van der Waals surface area contributed by atoms with E-state index < -0.39 is 19.0 Å². The summed E-state index contributed by atoms with van der Waals surface area (Å²) in [6.07, 6.45) is -4.66. The lowest BCUT2D eigenvalue weighted by Gasteiger charge is -2.28. The fourth-order valence-electron chi connectivity index (χ4n) is 2.93. The van der Waals surface area contributed by atoms with Crippen LogP contribution in [0.1, 0.15) is 6.42 Å². The molecular weight excluding hydrogens is 381 g/mol. The van der Waals surface area contributed by atoms with E-state index in [0.717, 1.165) is 18.8 Å². The van der Waals surface area contributed by atoms with Gasteiger partial charge >= 0.3 is 18.4 Å². The monoisotopic (exact) mass is 402 g/mol. The van der Waals surface area contributed by atoms with Crippen LogP contribution < -0.4 is 15.0 Å². The standard InChI is InChI=1S/C17H21F3N4O4/c1-26-16-22-13-11-12(23-6-9-27-10-7-23)3-4-14(13)24(16)15(25)21-5-2-8-28-17(18,19)20/h3-4,11H,2,5-10H2,1H3,(H,21,25). The first-order valence-electron chi connectivity index (χ1n) is 8.77. The molecule has 1 amide bonds. The van der Waals surface area contributed by atoms with E-state index in [9.17, 15) is 18.0 Å². The zero-order chi connectivity index (χ0) is 20.1. The van der Waals surface area contributed by atoms with Crippen LogP contribution in [0.2, 0.25) is 0 Å². The number of carbonyl (C=O) groups is 1. The third-order valence-electron chi connectivity index (χ3n) is 4.23. The van der Waals surface area contributed by atoms with Gasteiger partial charge in [0.05, 0.1) is 38.0 Å². The number of benzene rings is 1. The number of methoxy groups -OCH3 is 1. The smallest absolute Gasteiger partial charge is 0.468 e. The summed E-state index contributed by atoms with van der Waals surface area (Å²) < 4.78 is 51.3. The van der Waals surface area contributed by atoms with Gasteiger partial charge < -0.3 is 19.7 Å². The second kappa shape index (κ2) is 8.65. The molecule has 1 saturated heterocycles. The third-order valence-corrected chi connectivity index (χ3v) is 4.23. The lowest BCUT2D eigenvalue weighted by atomic mass is 10.2. The van der Waals surface area contributed by atoms with Gasteiger partial charge in [0.1, 0.15) is 0 Å². The van der Waals surface area contributed by atoms with Crippen molar-refractivity contribution in [1.82, 2.24) is 14.9 Å². The zero-order valence-corrected chi connectivity index (χ0v) is 15.3. The first kappa shape index (κ1) is 20.2. The Bertz CT molecular complexity index is 819. The van der Waals surface area contributed by atoms with E-state index in [4.69, 9.17) is 9.47 Å². The molecule has 0 unspecified atom stereocenters. The molecule has 3 rings (SSSR count). The van der Waals surface area contributed by atoms with Crippen molar-refractivity contribution in [2.75, 3.05) is 51.5 Å². The van der Waals surface area contributed by atoms with Crippen molar-refractivity contribution < 1.29 is 32.2 Å². The predicted octanol–water partition coefficient (Wildman–Crippen LogP) is 2.37. The minimum atomic E-state index is -4.67. The molecular formula is C17H21F3N4O4. The molecule has 1 fully saturated rings. The fourth-order valence-corrected chi connectivity index (χ4v) is 2.93. The second-order valence-electron chi connectivity index (χ2n) is 6.09. The Morgan fingerprint density at radius 3 is 2.75 bits per heavy atom. The van der Waals surface area contributed by atoms with Crippen molar-refractivity contribution in [2.24, 2.45) is 0 Å². The summed E-state index contributed by atoms with van der Waals surface area (Å²) in [5, 5.41) is 2.55. The number of aromatic nitrogens is 2. The average molecular weight is 402 g/mol. The molecule has 1 aliphatic heterocycles. The molecule has 8 nitrogen and oxygen atoms in total. The average Bonchev–Trinajstić information content (AvgIpc) is 3.05. The minimum absolute atomic E-state index is 0.0153. The van der Waals surface area contributed by atoms with Gasteiger partial charge in [-0.25, -0.2) is 9.36 Å². The van der Waals surface area contributed by atoms with Crippen LogP contribution in [-0.4, -0.2) is 68.5 Å². The highest BCUT2D eigenvalue weighted by atomic mass is 19.4. The molecule has 11 heteroatoms. The second-order valence-corrected chi connectivity index (χ2v) is 6.09. The molecule has 0 radical (unpaired) electrons. The van der Waals surface area contributed by atoms with E-state index in [1.54, 1.807) is 6.07 Å². The van der Waals surface area contributed by atoms with Crippen LogP contribution in [0.5, 0.6) is 6.01 Å². The molecule has 1 aromatic heterocycles. The van der Waals surface area contributed by atoms with Gasteiger partial charge in [0.15, 0.2) is 0 Å². The van der Waals surface area contributed by atoms with Gasteiger partial charge in [0.25, 0.3) is 0 Å². The highest BCUT2D eigenvalue weighted by molar-refractivity contribution is 5.92. The SMILES string of the molecule is COc1nc2cc(N3CCOCC3)ccc2n1C(=O)NCCCOC(F)(F)F. The van der Waals surface area contributed by atoms with Gasteiger partial charge in [0.2, 0.25) is 0 Å². The number of hydrogen-bond acceptors (Lipinski definition) is 6. The Hall–Kier alpha value is -2.53. The van der Waals surface area contributed by atoms with Crippen molar-refractivity contribution in [3.05, 3.63) is 18.2 Å². The molecule has 0 spiro atoms. The quantitative estimate of drug-likeness (QED) is 0.748. The van der Waals surface area contributed by atoms with E-state index in [1.807, 2.05) is 12.1 Å². The molecule has 0 aliphatic carbocycles. The number of fused-ring (bicyclic) bond motifs is 1. The summed E-state index contributed by atoms with van der Waals surface area (Å²) in [5.74, 6) is 0. The number of amides is 1. The highest BCUT2D eigenvalue weighted by Gasteiger charge is 2.28. The van der Waals surface area contributed by atoms with Crippen molar-refractivity contribution in [3.63, 3.8) is 0 Å². The maximum absolute atomic E-state index is 12.5. The van der Waals surface area contributed by atoms with Gasteiger partial charge in [-0.15, -0.1) is 13.2 Å². The van der Waals surface area contributed by atoms with Crippen molar-refractivity contribution in [2.45, 2.75) is 12.8 Å². The number of alkyl halides is 3. The number of halogens is 3. The third kappa shape index (κ3) is 4.84. The van der Waals surface area contributed by atoms with Crippen LogP contribution in [0.3, 0.4) is 0 Å². The maximum Gasteiger partial charge on any atom is 0.522 e. The van der Waals surface area contributed by atoms with E-state index >= 15 is 0 Å². The number of nitrogens with zero attached hydrogens (tertiary/aromatic N) is 3. The van der Waals surface area contributed by atoms with Crippen LogP contribution in [-0.2, 0) is 9.47 Å². The van der Waals surface area contributed by atoms with E-state index in [1.165, 1.54) is 11.7 Å². The number of hydrogen-bond donors (Lipinski definition) is 1. The summed E-state index contributed by atoms with van der Waals surface area (Å²) in [4.78, 5) is 19.0. The van der Waals surface area contributed by atoms with Crippen molar-refractivity contribution >= 4 is 22.8 Å². The molecule has 28 heavy (non-hydrogen) atoms. The van der Waals surface area contributed by atoms with Crippen LogP contribution in [0.15, 0.2) is 18.2 Å². The summed E-state index contributed by atoms with van der Waals surface area (Å²) in [6.45, 7) is 2.32. The first-order chi connectivity index (χ1) is 13.4. The number of rotatable bonds is 6. The maximum atomic E-state index is 12.5. The lowest BCUT2D eigenvalue weighted by molar-refractivity contribution is -0.324. The molecule has 2 aromatic rings. The molecule has 1 aliphatic rings. The number of ether oxygens (including phenoxy) is 3. The van der Waals surface area contributed by atoms with Crippen molar-refractivity contribution in [1.29, 1.82) is 0 Å². The first-order valence-corrected chi connectivity index (χ1v) is 8.77. The van der Waals surface area contributed by atoms with Gasteiger partial charge in [-0.1, -0.05) is 0 Å². The topological polar surface area (TPSA) is 77.9 Å². The number of morpholine rings is 1. The summed E-state index contributed by atoms with van der Waals surface area (Å²) >= 11 is 0. The molecule has 1 aromatic carbocycles. The van der Waals surface area contributed by atoms with Crippen LogP contribution in [0.4, 0.5) is 23.7 Å². The molecule has 1 N–H and O–H groups in total. The normalized spacial score (nSPS) is 15.1. The molecule has 154 valence electrons. The molecule has 0 bridgehead atoms.